The smallest absolute Gasteiger partial charge is 0.216 e. The number of aryl methyl sites for hydroxylation is 1. The first-order valence-corrected chi connectivity index (χ1v) is 5.81. The first-order valence-electron chi connectivity index (χ1n) is 5.81. The van der Waals surface area contributed by atoms with Gasteiger partial charge in [0.05, 0.1) is 5.69 Å². The van der Waals surface area contributed by atoms with Gasteiger partial charge >= 0.3 is 0 Å². The van der Waals surface area contributed by atoms with Crippen molar-refractivity contribution < 1.29 is 4.79 Å². The summed E-state index contributed by atoms with van der Waals surface area (Å²) in [5.41, 5.74) is 7.40. The first-order chi connectivity index (χ1) is 8.09. The minimum atomic E-state index is 0.0163. The summed E-state index contributed by atoms with van der Waals surface area (Å²) in [6.07, 6.45) is 1.91. The van der Waals surface area contributed by atoms with Crippen LogP contribution in [0.15, 0.2) is 12.1 Å². The van der Waals surface area contributed by atoms with Gasteiger partial charge in [-0.25, -0.2) is 4.98 Å². The Bertz CT molecular complexity index is 379. The molecule has 5 nitrogen and oxygen atoms in total. The molecule has 0 bridgehead atoms. The third-order valence-corrected chi connectivity index (χ3v) is 2.34. The molecule has 1 rings (SSSR count). The van der Waals surface area contributed by atoms with E-state index < -0.39 is 0 Å². The van der Waals surface area contributed by atoms with Crippen LogP contribution in [0.5, 0.6) is 0 Å². The van der Waals surface area contributed by atoms with Gasteiger partial charge < -0.3 is 16.4 Å². The van der Waals surface area contributed by atoms with Crippen LogP contribution in [0.25, 0.3) is 0 Å². The number of carbonyl (C=O) groups excluding carboxylic acids is 1. The van der Waals surface area contributed by atoms with Crippen LogP contribution in [0.3, 0.4) is 0 Å². The second-order valence-corrected chi connectivity index (χ2v) is 4.01. The first kappa shape index (κ1) is 13.3. The number of unbranched alkanes of at least 4 members (excludes halogenated alkanes) is 1. The van der Waals surface area contributed by atoms with E-state index in [0.717, 1.165) is 30.9 Å². The largest absolute Gasteiger partial charge is 0.396 e. The van der Waals surface area contributed by atoms with Crippen molar-refractivity contribution in [3.8, 4) is 0 Å². The van der Waals surface area contributed by atoms with Gasteiger partial charge in [0, 0.05) is 25.7 Å². The lowest BCUT2D eigenvalue weighted by atomic mass is 10.3. The number of anilines is 2. The van der Waals surface area contributed by atoms with E-state index in [9.17, 15) is 4.79 Å². The Balaban J connectivity index is 2.22. The second-order valence-electron chi connectivity index (χ2n) is 4.01. The summed E-state index contributed by atoms with van der Waals surface area (Å²) in [7, 11) is 0. The van der Waals surface area contributed by atoms with Crippen molar-refractivity contribution in [2.24, 2.45) is 0 Å². The van der Waals surface area contributed by atoms with Crippen molar-refractivity contribution in [1.29, 1.82) is 0 Å². The lowest BCUT2D eigenvalue weighted by Crippen LogP contribution is -2.21. The Hall–Kier alpha value is -1.78. The molecule has 1 heterocycles. The predicted molar refractivity (Wildman–Crippen MR) is 69.8 cm³/mol. The third kappa shape index (κ3) is 5.19. The van der Waals surface area contributed by atoms with Gasteiger partial charge in [0.15, 0.2) is 0 Å². The van der Waals surface area contributed by atoms with E-state index in [1.54, 1.807) is 0 Å². The Morgan fingerprint density at radius 2 is 2.06 bits per heavy atom. The zero-order valence-corrected chi connectivity index (χ0v) is 10.4. The Morgan fingerprint density at radius 1 is 1.35 bits per heavy atom. The second kappa shape index (κ2) is 6.73. The highest BCUT2D eigenvalue weighted by Gasteiger charge is 1.99. The highest BCUT2D eigenvalue weighted by Crippen LogP contribution is 2.14. The lowest BCUT2D eigenvalue weighted by Gasteiger charge is -2.09. The number of hydrogen-bond acceptors (Lipinski definition) is 4. The molecule has 4 N–H and O–H groups in total. The molecule has 0 radical (unpaired) electrons. The van der Waals surface area contributed by atoms with Gasteiger partial charge in [-0.3, -0.25) is 4.79 Å². The van der Waals surface area contributed by atoms with E-state index in [4.69, 9.17) is 5.73 Å². The SMILES string of the molecule is CC(=O)NCCCCNc1nc(C)ccc1N. The van der Waals surface area contributed by atoms with Crippen LogP contribution >= 0.6 is 0 Å². The van der Waals surface area contributed by atoms with Crippen molar-refractivity contribution in [3.63, 3.8) is 0 Å². The molecule has 0 aromatic carbocycles. The molecular formula is C12H20N4O. The van der Waals surface area contributed by atoms with E-state index in [1.807, 2.05) is 19.1 Å². The maximum atomic E-state index is 10.6. The molecule has 0 fully saturated rings. The third-order valence-electron chi connectivity index (χ3n) is 2.34. The van der Waals surface area contributed by atoms with Crippen LogP contribution in [-0.4, -0.2) is 24.0 Å². The van der Waals surface area contributed by atoms with Gasteiger partial charge in [0.1, 0.15) is 5.82 Å². The Kier molecular flexibility index (Phi) is 5.26. The molecule has 0 aliphatic carbocycles. The molecule has 17 heavy (non-hydrogen) atoms. The molecule has 0 atom stereocenters. The van der Waals surface area contributed by atoms with Crippen molar-refractivity contribution in [2.75, 3.05) is 24.1 Å². The summed E-state index contributed by atoms with van der Waals surface area (Å²) in [6, 6.07) is 3.74. The van der Waals surface area contributed by atoms with E-state index in [2.05, 4.69) is 15.6 Å². The van der Waals surface area contributed by atoms with Gasteiger partial charge in [0.2, 0.25) is 5.91 Å². The maximum Gasteiger partial charge on any atom is 0.216 e. The number of aromatic nitrogens is 1. The lowest BCUT2D eigenvalue weighted by molar-refractivity contribution is -0.118. The highest BCUT2D eigenvalue weighted by atomic mass is 16.1. The van der Waals surface area contributed by atoms with E-state index in [1.165, 1.54) is 6.92 Å². The predicted octanol–water partition coefficient (Wildman–Crippen LogP) is 1.30. The minimum Gasteiger partial charge on any atom is -0.396 e. The number of hydrogen-bond donors (Lipinski definition) is 3. The average Bonchev–Trinajstić information content (AvgIpc) is 2.27. The van der Waals surface area contributed by atoms with Gasteiger partial charge in [0.25, 0.3) is 0 Å². The molecule has 5 heteroatoms. The molecule has 0 spiro atoms. The Morgan fingerprint density at radius 3 is 2.76 bits per heavy atom. The fourth-order valence-electron chi connectivity index (χ4n) is 1.43. The number of nitrogens with two attached hydrogens (primary N) is 1. The van der Waals surface area contributed by atoms with Gasteiger partial charge in [-0.2, -0.15) is 0 Å². The Labute approximate surface area is 102 Å². The summed E-state index contributed by atoms with van der Waals surface area (Å²) in [5.74, 6) is 0.757. The van der Waals surface area contributed by atoms with Crippen LogP contribution in [0.4, 0.5) is 11.5 Å². The summed E-state index contributed by atoms with van der Waals surface area (Å²) < 4.78 is 0. The molecule has 0 aliphatic rings. The summed E-state index contributed by atoms with van der Waals surface area (Å²) in [6.45, 7) is 4.98. The number of pyridine rings is 1. The summed E-state index contributed by atoms with van der Waals surface area (Å²) >= 11 is 0. The van der Waals surface area contributed by atoms with Crippen LogP contribution in [0.1, 0.15) is 25.5 Å². The van der Waals surface area contributed by atoms with Crippen LogP contribution in [0, 0.1) is 6.92 Å². The highest BCUT2D eigenvalue weighted by molar-refractivity contribution is 5.72. The van der Waals surface area contributed by atoms with Gasteiger partial charge in [-0.1, -0.05) is 0 Å². The zero-order chi connectivity index (χ0) is 12.7. The molecule has 0 saturated carbocycles. The normalized spacial score (nSPS) is 10.0. The summed E-state index contributed by atoms with van der Waals surface area (Å²) in [4.78, 5) is 14.9. The number of amides is 1. The molecular weight excluding hydrogens is 216 g/mol. The van der Waals surface area contributed by atoms with Crippen molar-refractivity contribution >= 4 is 17.4 Å². The van der Waals surface area contributed by atoms with Crippen LogP contribution < -0.4 is 16.4 Å². The molecule has 0 aliphatic heterocycles. The maximum absolute atomic E-state index is 10.6. The standard InChI is InChI=1S/C12H20N4O/c1-9-5-6-11(13)12(16-9)15-8-4-3-7-14-10(2)17/h5-6H,3-4,7-8,13H2,1-2H3,(H,14,17)(H,15,16). The topological polar surface area (TPSA) is 80.0 Å². The number of nitrogens with one attached hydrogen (secondary N) is 2. The molecule has 1 aromatic rings. The monoisotopic (exact) mass is 236 g/mol. The molecule has 1 amide bonds. The number of carbonyl (C=O) groups is 1. The fourth-order valence-corrected chi connectivity index (χ4v) is 1.43. The minimum absolute atomic E-state index is 0.0163. The van der Waals surface area contributed by atoms with Crippen LogP contribution in [0.2, 0.25) is 0 Å². The zero-order valence-electron chi connectivity index (χ0n) is 10.4. The number of nitrogens with zero attached hydrogens (tertiary/aromatic N) is 1. The van der Waals surface area contributed by atoms with E-state index in [0.29, 0.717) is 12.2 Å². The van der Waals surface area contributed by atoms with Crippen molar-refractivity contribution in [1.82, 2.24) is 10.3 Å². The molecule has 0 unspecified atom stereocenters. The van der Waals surface area contributed by atoms with Gasteiger partial charge in [-0.05, 0) is 31.9 Å². The quantitative estimate of drug-likeness (QED) is 0.650. The fraction of sp³-hybridized carbons (Fsp3) is 0.500. The van der Waals surface area contributed by atoms with Gasteiger partial charge in [-0.15, -0.1) is 0 Å². The van der Waals surface area contributed by atoms with Crippen LogP contribution in [-0.2, 0) is 4.79 Å². The average molecular weight is 236 g/mol. The number of rotatable bonds is 6. The van der Waals surface area contributed by atoms with Crippen molar-refractivity contribution in [2.45, 2.75) is 26.7 Å². The van der Waals surface area contributed by atoms with Crippen molar-refractivity contribution in [3.05, 3.63) is 17.8 Å². The number of nitrogen functional groups attached to an aromatic ring is 1. The summed E-state index contributed by atoms with van der Waals surface area (Å²) in [5, 5.41) is 5.95. The molecule has 0 saturated heterocycles. The van der Waals surface area contributed by atoms with E-state index in [-0.39, 0.29) is 5.91 Å². The molecule has 94 valence electrons. The molecule has 1 aromatic heterocycles. The van der Waals surface area contributed by atoms with E-state index >= 15 is 0 Å².